The minimum atomic E-state index is -0.505. The van der Waals surface area contributed by atoms with E-state index in [9.17, 15) is 9.59 Å². The first-order chi connectivity index (χ1) is 13.2. The summed E-state index contributed by atoms with van der Waals surface area (Å²) in [6.45, 7) is 3.77. The first-order valence-electron chi connectivity index (χ1n) is 9.16. The van der Waals surface area contributed by atoms with Crippen LogP contribution in [0.15, 0.2) is 43.0 Å². The zero-order valence-electron chi connectivity index (χ0n) is 15.1. The molecule has 2 aromatic rings. The van der Waals surface area contributed by atoms with Crippen molar-refractivity contribution in [3.8, 4) is 5.69 Å². The summed E-state index contributed by atoms with van der Waals surface area (Å²) in [6.07, 6.45) is 4.93. The number of hydrogen-bond donors (Lipinski definition) is 1. The van der Waals surface area contributed by atoms with E-state index < -0.39 is 6.10 Å². The lowest BCUT2D eigenvalue weighted by Crippen LogP contribution is -2.56. The molecule has 27 heavy (non-hydrogen) atoms. The van der Waals surface area contributed by atoms with Crippen LogP contribution in [0.25, 0.3) is 5.69 Å². The number of rotatable bonds is 4. The molecule has 0 spiro atoms. The average molecular weight is 369 g/mol. The second kappa shape index (κ2) is 7.89. The topological polar surface area (TPSA) is 79.7 Å². The summed E-state index contributed by atoms with van der Waals surface area (Å²) in [5.74, 6) is -0.203. The van der Waals surface area contributed by atoms with Crippen molar-refractivity contribution < 1.29 is 14.3 Å². The van der Waals surface area contributed by atoms with Gasteiger partial charge in [0.25, 0.3) is 5.91 Å². The van der Waals surface area contributed by atoms with Gasteiger partial charge in [-0.15, -0.1) is 0 Å². The number of morpholine rings is 1. The normalized spacial score (nSPS) is 21.1. The molecule has 8 heteroatoms. The van der Waals surface area contributed by atoms with Gasteiger partial charge in [-0.25, -0.2) is 4.98 Å². The van der Waals surface area contributed by atoms with Crippen molar-refractivity contribution in [2.24, 2.45) is 0 Å². The molecule has 2 fully saturated rings. The van der Waals surface area contributed by atoms with Crippen LogP contribution in [-0.2, 0) is 20.9 Å². The van der Waals surface area contributed by atoms with Gasteiger partial charge in [0.05, 0.1) is 19.5 Å². The fourth-order valence-electron chi connectivity index (χ4n) is 3.47. The number of amides is 2. The quantitative estimate of drug-likeness (QED) is 0.823. The molecule has 3 heterocycles. The van der Waals surface area contributed by atoms with Crippen molar-refractivity contribution >= 4 is 11.8 Å². The van der Waals surface area contributed by atoms with Gasteiger partial charge in [-0.2, -0.15) is 0 Å². The molecule has 8 nitrogen and oxygen atoms in total. The van der Waals surface area contributed by atoms with Crippen LogP contribution in [0.2, 0.25) is 0 Å². The molecule has 2 aliphatic heterocycles. The van der Waals surface area contributed by atoms with Crippen LogP contribution in [0.4, 0.5) is 0 Å². The highest BCUT2D eigenvalue weighted by atomic mass is 16.5. The lowest BCUT2D eigenvalue weighted by atomic mass is 10.1. The third kappa shape index (κ3) is 4.17. The van der Waals surface area contributed by atoms with Crippen LogP contribution >= 0.6 is 0 Å². The molecule has 1 N–H and O–H groups in total. The zero-order chi connectivity index (χ0) is 18.6. The molecule has 0 radical (unpaired) electrons. The van der Waals surface area contributed by atoms with Crippen LogP contribution in [0.5, 0.6) is 0 Å². The van der Waals surface area contributed by atoms with Crippen molar-refractivity contribution in [2.75, 3.05) is 39.3 Å². The maximum atomic E-state index is 12.7. The van der Waals surface area contributed by atoms with E-state index in [0.717, 1.165) is 18.8 Å². The largest absolute Gasteiger partial charge is 0.366 e. The van der Waals surface area contributed by atoms with Gasteiger partial charge in [0.1, 0.15) is 6.10 Å². The van der Waals surface area contributed by atoms with Crippen LogP contribution in [0.3, 0.4) is 0 Å². The molecular formula is C19H23N5O3. The van der Waals surface area contributed by atoms with E-state index in [1.165, 1.54) is 5.56 Å². The Morgan fingerprint density at radius 1 is 1.26 bits per heavy atom. The lowest BCUT2D eigenvalue weighted by molar-refractivity contribution is -0.153. The van der Waals surface area contributed by atoms with Crippen molar-refractivity contribution in [3.63, 3.8) is 0 Å². The Kier molecular flexibility index (Phi) is 5.17. The molecule has 4 rings (SSSR count). The molecule has 2 amide bonds. The van der Waals surface area contributed by atoms with Crippen LogP contribution < -0.4 is 5.32 Å². The van der Waals surface area contributed by atoms with Gasteiger partial charge in [0, 0.05) is 50.8 Å². The van der Waals surface area contributed by atoms with Crippen LogP contribution in [0.1, 0.15) is 5.56 Å². The highest BCUT2D eigenvalue weighted by molar-refractivity contribution is 5.88. The van der Waals surface area contributed by atoms with E-state index in [0.29, 0.717) is 26.2 Å². The van der Waals surface area contributed by atoms with E-state index in [1.807, 2.05) is 10.8 Å². The number of ether oxygens (including phenoxy) is 1. The molecule has 0 bridgehead atoms. The predicted octanol–water partition coefficient (Wildman–Crippen LogP) is 0.0315. The summed E-state index contributed by atoms with van der Waals surface area (Å²) in [5, 5.41) is 2.74. The maximum absolute atomic E-state index is 12.7. The molecule has 1 atom stereocenters. The molecule has 1 unspecified atom stereocenters. The minimum Gasteiger partial charge on any atom is -0.366 e. The summed E-state index contributed by atoms with van der Waals surface area (Å²) in [4.78, 5) is 32.1. The standard InChI is InChI=1S/C19H23N5O3/c25-18-13-23(8-6-21-18)19(26)17-12-22(9-10-27-17)11-15-1-3-16(4-2-15)24-7-5-20-14-24/h1-5,7,14,17H,6,8-13H2,(H,21,25). The van der Waals surface area contributed by atoms with Gasteiger partial charge < -0.3 is 19.5 Å². The van der Waals surface area contributed by atoms with E-state index in [2.05, 4.69) is 39.5 Å². The third-order valence-corrected chi connectivity index (χ3v) is 4.92. The van der Waals surface area contributed by atoms with E-state index in [-0.39, 0.29) is 18.4 Å². The first-order valence-corrected chi connectivity index (χ1v) is 9.16. The molecule has 142 valence electrons. The van der Waals surface area contributed by atoms with Gasteiger partial charge in [-0.05, 0) is 17.7 Å². The Labute approximate surface area is 157 Å². The molecule has 1 aromatic heterocycles. The maximum Gasteiger partial charge on any atom is 0.253 e. The fourth-order valence-corrected chi connectivity index (χ4v) is 3.47. The highest BCUT2D eigenvalue weighted by Gasteiger charge is 2.32. The predicted molar refractivity (Wildman–Crippen MR) is 98.2 cm³/mol. The Morgan fingerprint density at radius 3 is 2.85 bits per heavy atom. The number of carbonyl (C=O) groups is 2. The SMILES string of the molecule is O=C1CN(C(=O)C2CN(Cc3ccc(-n4ccnc4)cc3)CCO2)CCN1. The van der Waals surface area contributed by atoms with Gasteiger partial charge in [0.2, 0.25) is 5.91 Å². The number of hydrogen-bond acceptors (Lipinski definition) is 5. The number of nitrogens with zero attached hydrogens (tertiary/aromatic N) is 4. The Hall–Kier alpha value is -2.71. The van der Waals surface area contributed by atoms with Crippen molar-refractivity contribution in [2.45, 2.75) is 12.6 Å². The summed E-state index contributed by atoms with van der Waals surface area (Å²) in [6, 6.07) is 8.31. The fraction of sp³-hybridized carbons (Fsp3) is 0.421. The Balaban J connectivity index is 1.35. The van der Waals surface area contributed by atoms with E-state index in [1.54, 1.807) is 17.4 Å². The number of benzene rings is 1. The number of carbonyl (C=O) groups excluding carboxylic acids is 2. The van der Waals surface area contributed by atoms with Gasteiger partial charge in [-0.3, -0.25) is 14.5 Å². The minimum absolute atomic E-state index is 0.0926. The average Bonchev–Trinajstić information content (AvgIpc) is 3.23. The van der Waals surface area contributed by atoms with Crippen LogP contribution in [-0.4, -0.2) is 76.6 Å². The van der Waals surface area contributed by atoms with Crippen molar-refractivity contribution in [1.82, 2.24) is 24.7 Å². The van der Waals surface area contributed by atoms with Gasteiger partial charge >= 0.3 is 0 Å². The summed E-state index contributed by atoms with van der Waals surface area (Å²) >= 11 is 0. The highest BCUT2D eigenvalue weighted by Crippen LogP contribution is 2.15. The molecule has 2 aliphatic rings. The number of imidazole rings is 1. The van der Waals surface area contributed by atoms with E-state index in [4.69, 9.17) is 4.74 Å². The number of aromatic nitrogens is 2. The summed E-state index contributed by atoms with van der Waals surface area (Å²) < 4.78 is 7.65. The van der Waals surface area contributed by atoms with Crippen LogP contribution in [0, 0.1) is 0 Å². The van der Waals surface area contributed by atoms with Crippen molar-refractivity contribution in [1.29, 1.82) is 0 Å². The zero-order valence-corrected chi connectivity index (χ0v) is 15.1. The molecule has 2 saturated heterocycles. The molecule has 0 saturated carbocycles. The number of piperazine rings is 1. The molecule has 1 aromatic carbocycles. The van der Waals surface area contributed by atoms with Gasteiger partial charge in [-0.1, -0.05) is 12.1 Å². The Morgan fingerprint density at radius 2 is 2.11 bits per heavy atom. The van der Waals surface area contributed by atoms with E-state index >= 15 is 0 Å². The third-order valence-electron chi connectivity index (χ3n) is 4.92. The lowest BCUT2D eigenvalue weighted by Gasteiger charge is -2.36. The number of nitrogens with one attached hydrogen (secondary N) is 1. The summed E-state index contributed by atoms with van der Waals surface area (Å²) in [7, 11) is 0. The Bertz CT molecular complexity index is 790. The smallest absolute Gasteiger partial charge is 0.253 e. The summed E-state index contributed by atoms with van der Waals surface area (Å²) in [5.41, 5.74) is 2.25. The van der Waals surface area contributed by atoms with Crippen molar-refractivity contribution in [3.05, 3.63) is 48.5 Å². The molecular weight excluding hydrogens is 346 g/mol. The monoisotopic (exact) mass is 369 g/mol. The molecule has 0 aliphatic carbocycles. The second-order valence-electron chi connectivity index (χ2n) is 6.84. The second-order valence-corrected chi connectivity index (χ2v) is 6.84. The van der Waals surface area contributed by atoms with Gasteiger partial charge in [0.15, 0.2) is 0 Å². The first kappa shape index (κ1) is 17.7.